The van der Waals surface area contributed by atoms with Crippen LogP contribution >= 0.6 is 8.58 Å². The maximum atomic E-state index is 6.34. The average Bonchev–Trinajstić information content (AvgIpc) is 2.09. The molecule has 0 amide bonds. The first-order chi connectivity index (χ1) is 8.23. The molecule has 0 radical (unpaired) electrons. The van der Waals surface area contributed by atoms with Crippen molar-refractivity contribution in [3.05, 3.63) is 0 Å². The molecule has 4 aliphatic rings. The molecule has 0 aliphatic carbocycles. The van der Waals surface area contributed by atoms with Gasteiger partial charge in [0.2, 0.25) is 0 Å². The normalized spacial score (nSPS) is 58.8. The lowest BCUT2D eigenvalue weighted by molar-refractivity contribution is -0.525. The third kappa shape index (κ3) is 1.78. The summed E-state index contributed by atoms with van der Waals surface area (Å²) in [6, 6.07) is 0. The fourth-order valence-corrected chi connectivity index (χ4v) is 6.17. The molecule has 104 valence electrons. The van der Waals surface area contributed by atoms with Crippen LogP contribution in [0.25, 0.3) is 0 Å². The molecule has 4 aliphatic heterocycles. The van der Waals surface area contributed by atoms with Gasteiger partial charge < -0.3 is 14.2 Å². The Balaban J connectivity index is 1.96. The van der Waals surface area contributed by atoms with Gasteiger partial charge in [-0.1, -0.05) is 6.92 Å². The van der Waals surface area contributed by atoms with E-state index < -0.39 is 11.6 Å². The first kappa shape index (κ1) is 13.3. The predicted octanol–water partition coefficient (Wildman–Crippen LogP) is 3.12. The van der Waals surface area contributed by atoms with Crippen molar-refractivity contribution in [1.82, 2.24) is 0 Å². The van der Waals surface area contributed by atoms with Gasteiger partial charge >= 0.3 is 0 Å². The molecule has 4 heteroatoms. The third-order valence-corrected chi connectivity index (χ3v) is 5.94. The maximum Gasteiger partial charge on any atom is 0.172 e. The van der Waals surface area contributed by atoms with Gasteiger partial charge in [-0.15, -0.1) is 8.58 Å². The Kier molecular flexibility index (Phi) is 2.73. The van der Waals surface area contributed by atoms with Gasteiger partial charge in [-0.2, -0.15) is 0 Å². The van der Waals surface area contributed by atoms with Crippen LogP contribution in [0, 0.1) is 5.92 Å². The van der Waals surface area contributed by atoms with Gasteiger partial charge in [0, 0.05) is 18.8 Å². The van der Waals surface area contributed by atoms with Crippen molar-refractivity contribution in [3.63, 3.8) is 0 Å². The van der Waals surface area contributed by atoms with Crippen LogP contribution in [0.3, 0.4) is 0 Å². The van der Waals surface area contributed by atoms with E-state index in [1.807, 2.05) is 0 Å². The second kappa shape index (κ2) is 3.69. The highest BCUT2D eigenvalue weighted by atomic mass is 31.1. The third-order valence-electron chi connectivity index (χ3n) is 4.75. The monoisotopic (exact) mass is 272 g/mol. The quantitative estimate of drug-likeness (QED) is 0.739. The van der Waals surface area contributed by atoms with E-state index in [-0.39, 0.29) is 11.2 Å². The standard InChI is InChI=1S/C14H25O3P/c1-6-18-7-10-11(2)8-13(4)16-12(10,3)9-14(5,15-11)17-13/h10,18H,6-9H2,1-5H3. The van der Waals surface area contributed by atoms with Crippen LogP contribution in [0.1, 0.15) is 47.5 Å². The molecule has 3 nitrogen and oxygen atoms in total. The van der Waals surface area contributed by atoms with Gasteiger partial charge in [-0.25, -0.2) is 0 Å². The van der Waals surface area contributed by atoms with Crippen LogP contribution in [0.5, 0.6) is 0 Å². The van der Waals surface area contributed by atoms with E-state index in [0.29, 0.717) is 5.92 Å². The topological polar surface area (TPSA) is 27.7 Å². The predicted molar refractivity (Wildman–Crippen MR) is 73.3 cm³/mol. The highest BCUT2D eigenvalue weighted by Crippen LogP contribution is 2.62. The van der Waals surface area contributed by atoms with Crippen molar-refractivity contribution in [1.29, 1.82) is 0 Å². The molecule has 0 aromatic carbocycles. The summed E-state index contributed by atoms with van der Waals surface area (Å²) in [5.74, 6) is -0.422. The highest BCUT2D eigenvalue weighted by Gasteiger charge is 2.70. The molecule has 4 bridgehead atoms. The molecule has 4 heterocycles. The molecule has 4 saturated heterocycles. The van der Waals surface area contributed by atoms with Gasteiger partial charge in [-0.3, -0.25) is 0 Å². The molecule has 0 aromatic rings. The fourth-order valence-electron chi connectivity index (χ4n) is 4.73. The average molecular weight is 272 g/mol. The second-order valence-corrected chi connectivity index (χ2v) is 8.53. The molecular weight excluding hydrogens is 247 g/mol. The largest absolute Gasteiger partial charge is 0.343 e. The minimum absolute atomic E-state index is 0.0881. The van der Waals surface area contributed by atoms with E-state index in [1.165, 1.54) is 12.3 Å². The van der Waals surface area contributed by atoms with Gasteiger partial charge in [0.15, 0.2) is 11.6 Å². The van der Waals surface area contributed by atoms with E-state index in [2.05, 4.69) is 34.6 Å². The molecule has 0 N–H and O–H groups in total. The van der Waals surface area contributed by atoms with Crippen molar-refractivity contribution in [2.45, 2.75) is 70.2 Å². The molecule has 5 atom stereocenters. The summed E-state index contributed by atoms with van der Waals surface area (Å²) in [5, 5.41) is 0. The molecule has 4 fully saturated rings. The second-order valence-electron chi connectivity index (χ2n) is 6.91. The maximum absolute atomic E-state index is 6.34. The first-order valence-electron chi connectivity index (χ1n) is 7.04. The summed E-state index contributed by atoms with van der Waals surface area (Å²) < 4.78 is 18.7. The van der Waals surface area contributed by atoms with Crippen molar-refractivity contribution < 1.29 is 14.2 Å². The van der Waals surface area contributed by atoms with Gasteiger partial charge in [0.25, 0.3) is 0 Å². The minimum atomic E-state index is -0.458. The Hall–Kier alpha value is 0.310. The number of hydrogen-bond acceptors (Lipinski definition) is 3. The van der Waals surface area contributed by atoms with Crippen molar-refractivity contribution in [2.75, 3.05) is 12.3 Å². The Morgan fingerprint density at radius 2 is 1.44 bits per heavy atom. The number of rotatable bonds is 3. The Bertz CT molecular complexity index is 326. The fraction of sp³-hybridized carbons (Fsp3) is 1.00. The van der Waals surface area contributed by atoms with Crippen molar-refractivity contribution in [2.24, 2.45) is 5.92 Å². The molecule has 0 saturated carbocycles. The Morgan fingerprint density at radius 1 is 0.944 bits per heavy atom. The Morgan fingerprint density at radius 3 is 1.89 bits per heavy atom. The van der Waals surface area contributed by atoms with E-state index in [9.17, 15) is 0 Å². The summed E-state index contributed by atoms with van der Waals surface area (Å²) in [6.07, 6.45) is 4.18. The molecule has 18 heavy (non-hydrogen) atoms. The minimum Gasteiger partial charge on any atom is -0.343 e. The van der Waals surface area contributed by atoms with E-state index in [4.69, 9.17) is 14.2 Å². The number of ether oxygens (including phenoxy) is 3. The SMILES string of the molecule is CCPCC1C2(C)CC3(C)OC(C)(CC1(C)O3)O2. The van der Waals surface area contributed by atoms with E-state index in [1.54, 1.807) is 0 Å². The van der Waals surface area contributed by atoms with Crippen LogP contribution in [0.15, 0.2) is 0 Å². The smallest absolute Gasteiger partial charge is 0.172 e. The molecule has 5 unspecified atom stereocenters. The lowest BCUT2D eigenvalue weighted by Gasteiger charge is -2.69. The number of hydrogen-bond donors (Lipinski definition) is 0. The van der Waals surface area contributed by atoms with Crippen molar-refractivity contribution >= 4 is 8.58 Å². The van der Waals surface area contributed by atoms with Crippen LogP contribution in [-0.2, 0) is 14.2 Å². The first-order valence-corrected chi connectivity index (χ1v) is 8.45. The van der Waals surface area contributed by atoms with Crippen molar-refractivity contribution in [3.8, 4) is 0 Å². The van der Waals surface area contributed by atoms with Crippen LogP contribution in [-0.4, -0.2) is 35.1 Å². The van der Waals surface area contributed by atoms with E-state index in [0.717, 1.165) is 21.4 Å². The Labute approximate surface area is 112 Å². The summed E-state index contributed by atoms with van der Waals surface area (Å²) in [6.45, 7) is 10.9. The van der Waals surface area contributed by atoms with Gasteiger partial charge in [0.05, 0.1) is 11.2 Å². The summed E-state index contributed by atoms with van der Waals surface area (Å²) >= 11 is 0. The lowest BCUT2D eigenvalue weighted by atomic mass is 9.65. The summed E-state index contributed by atoms with van der Waals surface area (Å²) in [7, 11) is 1.00. The summed E-state index contributed by atoms with van der Waals surface area (Å²) in [5.41, 5.74) is -0.176. The zero-order chi connectivity index (χ0) is 13.2. The van der Waals surface area contributed by atoms with Crippen LogP contribution < -0.4 is 0 Å². The zero-order valence-electron chi connectivity index (χ0n) is 12.1. The molecular formula is C14H25O3P. The highest BCUT2D eigenvalue weighted by molar-refractivity contribution is 7.37. The molecule has 0 aromatic heterocycles. The summed E-state index contributed by atoms with van der Waals surface area (Å²) in [4.78, 5) is 0. The van der Waals surface area contributed by atoms with Gasteiger partial charge in [0.1, 0.15) is 0 Å². The molecule has 0 spiro atoms. The lowest BCUT2D eigenvalue weighted by Crippen LogP contribution is -2.77. The van der Waals surface area contributed by atoms with Crippen LogP contribution in [0.2, 0.25) is 0 Å². The van der Waals surface area contributed by atoms with Crippen LogP contribution in [0.4, 0.5) is 0 Å². The molecule has 4 rings (SSSR count). The zero-order valence-corrected chi connectivity index (χ0v) is 13.1. The van der Waals surface area contributed by atoms with Gasteiger partial charge in [-0.05, 0) is 40.0 Å². The van der Waals surface area contributed by atoms with E-state index >= 15 is 0 Å².